The monoisotopic (exact) mass is 323 g/mol. The van der Waals surface area contributed by atoms with E-state index in [1.54, 1.807) is 0 Å². The van der Waals surface area contributed by atoms with Crippen LogP contribution in [0.25, 0.3) is 0 Å². The van der Waals surface area contributed by atoms with Crippen LogP contribution in [0.5, 0.6) is 0 Å². The number of carbonyl (C=O) groups is 1. The first kappa shape index (κ1) is 15.3. The predicted octanol–water partition coefficient (Wildman–Crippen LogP) is 0.798. The van der Waals surface area contributed by atoms with Crippen LogP contribution >= 0.6 is 0 Å². The second-order valence-electron chi connectivity index (χ2n) is 5.97. The summed E-state index contributed by atoms with van der Waals surface area (Å²) < 4.78 is 24.8. The van der Waals surface area contributed by atoms with Crippen LogP contribution in [0, 0.1) is 0 Å². The summed E-state index contributed by atoms with van der Waals surface area (Å²) in [5.74, 6) is -0.0913. The van der Waals surface area contributed by atoms with Crippen molar-refractivity contribution < 1.29 is 13.2 Å². The van der Waals surface area contributed by atoms with Gasteiger partial charge in [0.25, 0.3) is 0 Å². The van der Waals surface area contributed by atoms with E-state index in [-0.39, 0.29) is 24.2 Å². The number of carbonyl (C=O) groups excluding carboxylic acids is 1. The topological polar surface area (TPSA) is 92.5 Å². The highest BCUT2D eigenvalue weighted by molar-refractivity contribution is 7.89. The lowest BCUT2D eigenvalue weighted by Crippen LogP contribution is -2.40. The summed E-state index contributed by atoms with van der Waals surface area (Å²) in [4.78, 5) is 12.2. The van der Waals surface area contributed by atoms with Gasteiger partial charge >= 0.3 is 0 Å². The van der Waals surface area contributed by atoms with Crippen molar-refractivity contribution in [1.82, 2.24) is 9.62 Å². The van der Waals surface area contributed by atoms with Gasteiger partial charge in [-0.05, 0) is 48.9 Å². The van der Waals surface area contributed by atoms with Crippen molar-refractivity contribution in [1.29, 1.82) is 0 Å². The Morgan fingerprint density at radius 1 is 1.36 bits per heavy atom. The Morgan fingerprint density at radius 2 is 2.18 bits per heavy atom. The number of hydrogen-bond donors (Lipinski definition) is 2. The van der Waals surface area contributed by atoms with Crippen LogP contribution in [0.4, 0.5) is 5.69 Å². The molecule has 1 heterocycles. The number of nitrogen functional groups attached to an aromatic ring is 1. The van der Waals surface area contributed by atoms with Gasteiger partial charge in [-0.15, -0.1) is 0 Å². The number of nitrogens with one attached hydrogen (secondary N) is 1. The number of amides is 1. The smallest absolute Gasteiger partial charge is 0.235 e. The lowest BCUT2D eigenvalue weighted by Gasteiger charge is -2.27. The van der Waals surface area contributed by atoms with Crippen molar-refractivity contribution in [3.8, 4) is 0 Å². The van der Waals surface area contributed by atoms with Gasteiger partial charge in [0.15, 0.2) is 0 Å². The maximum atomic E-state index is 12.2. The molecule has 1 aliphatic heterocycles. The highest BCUT2D eigenvalue weighted by atomic mass is 32.2. The maximum Gasteiger partial charge on any atom is 0.235 e. The summed E-state index contributed by atoms with van der Waals surface area (Å²) in [6.45, 7) is 0.358. The third-order valence-corrected chi connectivity index (χ3v) is 6.24. The Balaban J connectivity index is 1.68. The third kappa shape index (κ3) is 3.10. The molecule has 1 aromatic rings. The SMILES string of the molecule is Nc1ccc2c(c1)CCCC2NC(=O)CN1CCCS1(=O)=O. The van der Waals surface area contributed by atoms with E-state index in [0.717, 1.165) is 30.5 Å². The molecule has 0 spiro atoms. The molecule has 0 bridgehead atoms. The molecular formula is C15H21N3O3S. The van der Waals surface area contributed by atoms with Crippen LogP contribution in [0.2, 0.25) is 0 Å². The standard InChI is InChI=1S/C15H21N3O3S/c16-12-5-6-13-11(9-12)3-1-4-14(13)17-15(19)10-18-7-2-8-22(18,20)21/h5-6,9,14H,1-4,7-8,10,16H2,(H,17,19). The molecule has 0 saturated carbocycles. The molecule has 1 atom stereocenters. The molecule has 1 aliphatic carbocycles. The first-order valence-corrected chi connectivity index (χ1v) is 9.22. The molecule has 1 aromatic carbocycles. The van der Waals surface area contributed by atoms with E-state index in [1.807, 2.05) is 18.2 Å². The molecule has 3 N–H and O–H groups in total. The Hall–Kier alpha value is -1.60. The van der Waals surface area contributed by atoms with Gasteiger partial charge in [-0.1, -0.05) is 6.07 Å². The van der Waals surface area contributed by atoms with Gasteiger partial charge in [0.1, 0.15) is 0 Å². The summed E-state index contributed by atoms with van der Waals surface area (Å²) >= 11 is 0. The zero-order valence-electron chi connectivity index (χ0n) is 12.4. The van der Waals surface area contributed by atoms with E-state index in [2.05, 4.69) is 5.32 Å². The normalized spacial score (nSPS) is 23.9. The molecule has 120 valence electrons. The van der Waals surface area contributed by atoms with Gasteiger partial charge < -0.3 is 11.1 Å². The van der Waals surface area contributed by atoms with Crippen LogP contribution in [0.15, 0.2) is 18.2 Å². The van der Waals surface area contributed by atoms with Crippen molar-refractivity contribution in [3.63, 3.8) is 0 Å². The maximum absolute atomic E-state index is 12.2. The van der Waals surface area contributed by atoms with Crippen LogP contribution < -0.4 is 11.1 Å². The summed E-state index contributed by atoms with van der Waals surface area (Å²) in [5.41, 5.74) is 8.80. The van der Waals surface area contributed by atoms with E-state index in [9.17, 15) is 13.2 Å². The Labute approximate surface area is 130 Å². The average molecular weight is 323 g/mol. The molecule has 6 nitrogen and oxygen atoms in total. The summed E-state index contributed by atoms with van der Waals surface area (Å²) in [5, 5.41) is 2.97. The molecule has 0 radical (unpaired) electrons. The average Bonchev–Trinajstić information content (AvgIpc) is 2.77. The first-order valence-electron chi connectivity index (χ1n) is 7.61. The van der Waals surface area contributed by atoms with Crippen LogP contribution in [-0.4, -0.2) is 37.5 Å². The van der Waals surface area contributed by atoms with Gasteiger partial charge in [0.2, 0.25) is 15.9 Å². The predicted molar refractivity (Wildman–Crippen MR) is 84.7 cm³/mol. The number of benzene rings is 1. The molecule has 1 unspecified atom stereocenters. The number of fused-ring (bicyclic) bond motifs is 1. The zero-order chi connectivity index (χ0) is 15.7. The van der Waals surface area contributed by atoms with E-state index in [4.69, 9.17) is 5.73 Å². The van der Waals surface area contributed by atoms with Crippen molar-refractivity contribution in [3.05, 3.63) is 29.3 Å². The number of anilines is 1. The molecule has 1 saturated heterocycles. The van der Waals surface area contributed by atoms with Crippen molar-refractivity contribution >= 4 is 21.6 Å². The van der Waals surface area contributed by atoms with Crippen molar-refractivity contribution in [2.75, 3.05) is 24.6 Å². The Morgan fingerprint density at radius 3 is 2.91 bits per heavy atom. The zero-order valence-corrected chi connectivity index (χ0v) is 13.2. The summed E-state index contributed by atoms with van der Waals surface area (Å²) in [7, 11) is -3.23. The fourth-order valence-electron chi connectivity index (χ4n) is 3.25. The lowest BCUT2D eigenvalue weighted by molar-refractivity contribution is -0.122. The second-order valence-corrected chi connectivity index (χ2v) is 8.06. The van der Waals surface area contributed by atoms with Gasteiger partial charge in [-0.2, -0.15) is 4.31 Å². The quantitative estimate of drug-likeness (QED) is 0.805. The van der Waals surface area contributed by atoms with Crippen LogP contribution in [0.3, 0.4) is 0 Å². The molecule has 0 aromatic heterocycles. The van der Waals surface area contributed by atoms with E-state index in [0.29, 0.717) is 13.0 Å². The number of rotatable bonds is 3. The van der Waals surface area contributed by atoms with Crippen molar-refractivity contribution in [2.45, 2.75) is 31.7 Å². The molecule has 1 amide bonds. The third-order valence-electron chi connectivity index (χ3n) is 4.34. The second kappa shape index (κ2) is 5.89. The van der Waals surface area contributed by atoms with E-state index < -0.39 is 10.0 Å². The van der Waals surface area contributed by atoms with Gasteiger partial charge in [0, 0.05) is 12.2 Å². The van der Waals surface area contributed by atoms with E-state index in [1.165, 1.54) is 9.87 Å². The summed E-state index contributed by atoms with van der Waals surface area (Å²) in [6, 6.07) is 5.70. The fraction of sp³-hybridized carbons (Fsp3) is 0.533. The van der Waals surface area contributed by atoms with E-state index >= 15 is 0 Å². The minimum absolute atomic E-state index is 0.0536. The molecule has 22 heavy (non-hydrogen) atoms. The number of nitrogens with zero attached hydrogens (tertiary/aromatic N) is 1. The van der Waals surface area contributed by atoms with Crippen LogP contribution in [-0.2, 0) is 21.2 Å². The number of hydrogen-bond acceptors (Lipinski definition) is 4. The van der Waals surface area contributed by atoms with Gasteiger partial charge in [-0.25, -0.2) is 8.42 Å². The number of aryl methyl sites for hydroxylation is 1. The molecule has 3 rings (SSSR count). The minimum Gasteiger partial charge on any atom is -0.399 e. The molecule has 2 aliphatic rings. The van der Waals surface area contributed by atoms with Gasteiger partial charge in [-0.3, -0.25) is 4.79 Å². The number of nitrogens with two attached hydrogens (primary N) is 1. The van der Waals surface area contributed by atoms with Gasteiger partial charge in [0.05, 0.1) is 18.3 Å². The van der Waals surface area contributed by atoms with Crippen LogP contribution in [0.1, 0.15) is 36.4 Å². The lowest BCUT2D eigenvalue weighted by atomic mass is 9.87. The first-order chi connectivity index (χ1) is 10.5. The molecular weight excluding hydrogens is 302 g/mol. The Bertz CT molecular complexity index is 687. The highest BCUT2D eigenvalue weighted by Gasteiger charge is 2.31. The Kier molecular flexibility index (Phi) is 4.10. The van der Waals surface area contributed by atoms with Crippen molar-refractivity contribution in [2.24, 2.45) is 0 Å². The highest BCUT2D eigenvalue weighted by Crippen LogP contribution is 2.31. The largest absolute Gasteiger partial charge is 0.399 e. The minimum atomic E-state index is -3.23. The number of sulfonamides is 1. The fourth-order valence-corrected chi connectivity index (χ4v) is 4.73. The molecule has 1 fully saturated rings. The molecule has 7 heteroatoms. The summed E-state index contributed by atoms with van der Waals surface area (Å²) in [6.07, 6.45) is 3.42.